The Hall–Kier alpha value is -2.22. The molecule has 0 radical (unpaired) electrons. The van der Waals surface area contributed by atoms with Gasteiger partial charge in [0.1, 0.15) is 0 Å². The lowest BCUT2D eigenvalue weighted by molar-refractivity contribution is 0.356. The maximum absolute atomic E-state index is 5.05. The van der Waals surface area contributed by atoms with E-state index >= 15 is 0 Å². The Balaban J connectivity index is 2.32. The number of rotatable bonds is 5. The summed E-state index contributed by atoms with van der Waals surface area (Å²) in [6, 6.07) is 12.8. The zero-order chi connectivity index (χ0) is 19.8. The Bertz CT molecular complexity index is 971. The van der Waals surface area contributed by atoms with Crippen molar-refractivity contribution >= 4 is 11.0 Å². The first-order chi connectivity index (χ1) is 12.7. The molecule has 0 saturated carbocycles. The first-order valence-corrected chi connectivity index (χ1v) is 10.1. The molecule has 2 heteroatoms. The molecule has 1 aromatic heterocycles. The molecule has 1 heterocycles. The van der Waals surface area contributed by atoms with E-state index in [9.17, 15) is 0 Å². The van der Waals surface area contributed by atoms with Gasteiger partial charge in [-0.3, -0.25) is 0 Å². The molecular weight excluding hydrogens is 328 g/mol. The summed E-state index contributed by atoms with van der Waals surface area (Å²) < 4.78 is 0. The molecule has 0 saturated heterocycles. The van der Waals surface area contributed by atoms with Gasteiger partial charge in [-0.2, -0.15) is 0 Å². The van der Waals surface area contributed by atoms with Crippen LogP contribution >= 0.6 is 0 Å². The zero-order valence-corrected chi connectivity index (χ0v) is 17.9. The van der Waals surface area contributed by atoms with E-state index in [1.54, 1.807) is 0 Å². The second-order valence-electron chi connectivity index (χ2n) is 8.66. The van der Waals surface area contributed by atoms with Crippen LogP contribution in [0, 0.1) is 26.7 Å². The average molecular weight is 361 g/mol. The number of nitrogens with zero attached hydrogens (tertiary/aromatic N) is 2. The van der Waals surface area contributed by atoms with E-state index in [1.807, 2.05) is 18.2 Å². The third kappa shape index (κ3) is 3.76. The van der Waals surface area contributed by atoms with Gasteiger partial charge in [-0.25, -0.2) is 9.97 Å². The quantitative estimate of drug-likeness (QED) is 0.492. The molecule has 3 rings (SSSR count). The minimum atomic E-state index is 0.126. The van der Waals surface area contributed by atoms with Gasteiger partial charge in [0.25, 0.3) is 0 Å². The molecule has 3 aromatic rings. The van der Waals surface area contributed by atoms with Crippen LogP contribution in [-0.2, 0) is 5.41 Å². The largest absolute Gasteiger partial charge is 0.249 e. The Kier molecular flexibility index (Phi) is 5.37. The topological polar surface area (TPSA) is 25.8 Å². The van der Waals surface area contributed by atoms with Gasteiger partial charge >= 0.3 is 0 Å². The van der Waals surface area contributed by atoms with Gasteiger partial charge in [0.05, 0.1) is 22.4 Å². The second kappa shape index (κ2) is 7.42. The molecule has 1 atom stereocenters. The maximum atomic E-state index is 5.05. The first kappa shape index (κ1) is 19.5. The van der Waals surface area contributed by atoms with Crippen LogP contribution in [0.4, 0.5) is 0 Å². The average Bonchev–Trinajstić information content (AvgIpc) is 2.59. The van der Waals surface area contributed by atoms with Gasteiger partial charge in [0.15, 0.2) is 0 Å². The SMILES string of the molecule is CCC(C)(CC(C)C)c1c(C)cc(C)cc1-c1nc2ccccc2nc1C. The smallest absolute Gasteiger partial charge is 0.0925 e. The van der Waals surface area contributed by atoms with Crippen LogP contribution in [0.2, 0.25) is 0 Å². The van der Waals surface area contributed by atoms with Crippen LogP contribution in [0.3, 0.4) is 0 Å². The Labute approximate surface area is 164 Å². The fraction of sp³-hybridized carbons (Fsp3) is 0.440. The van der Waals surface area contributed by atoms with Crippen LogP contribution in [0.25, 0.3) is 22.3 Å². The van der Waals surface area contributed by atoms with Gasteiger partial charge in [0, 0.05) is 5.56 Å². The molecule has 0 N–H and O–H groups in total. The fourth-order valence-electron chi connectivity index (χ4n) is 4.62. The van der Waals surface area contributed by atoms with Crippen molar-refractivity contribution in [3.63, 3.8) is 0 Å². The van der Waals surface area contributed by atoms with Crippen molar-refractivity contribution in [1.29, 1.82) is 0 Å². The lowest BCUT2D eigenvalue weighted by Gasteiger charge is -2.35. The molecule has 0 amide bonds. The van der Waals surface area contributed by atoms with E-state index in [0.717, 1.165) is 28.8 Å². The van der Waals surface area contributed by atoms with E-state index in [1.165, 1.54) is 28.7 Å². The molecule has 0 aliphatic rings. The predicted octanol–water partition coefficient (Wildman–Crippen LogP) is 6.94. The number of para-hydroxylation sites is 2. The highest BCUT2D eigenvalue weighted by Crippen LogP contribution is 2.42. The lowest BCUT2D eigenvalue weighted by atomic mass is 9.70. The normalized spacial score (nSPS) is 13.9. The molecule has 0 aliphatic carbocycles. The molecule has 0 spiro atoms. The highest BCUT2D eigenvalue weighted by Gasteiger charge is 2.31. The third-order valence-electron chi connectivity index (χ3n) is 5.72. The third-order valence-corrected chi connectivity index (χ3v) is 5.72. The molecule has 0 bridgehead atoms. The number of hydrogen-bond acceptors (Lipinski definition) is 2. The van der Waals surface area contributed by atoms with Gasteiger partial charge in [-0.1, -0.05) is 51.5 Å². The first-order valence-electron chi connectivity index (χ1n) is 10.1. The summed E-state index contributed by atoms with van der Waals surface area (Å²) in [5, 5.41) is 0. The highest BCUT2D eigenvalue weighted by molar-refractivity contribution is 5.80. The standard InChI is InChI=1S/C25H32N2/c1-8-25(7,15-16(2)3)23-18(5)13-17(4)14-20(23)24-19(6)26-21-11-9-10-12-22(21)27-24/h9-14,16H,8,15H2,1-7H3. The number of fused-ring (bicyclic) bond motifs is 1. The second-order valence-corrected chi connectivity index (χ2v) is 8.66. The molecule has 27 heavy (non-hydrogen) atoms. The Morgan fingerprint density at radius 3 is 2.19 bits per heavy atom. The molecule has 2 aromatic carbocycles. The summed E-state index contributed by atoms with van der Waals surface area (Å²) in [5.41, 5.74) is 9.43. The monoisotopic (exact) mass is 360 g/mol. The van der Waals surface area contributed by atoms with Crippen LogP contribution in [0.15, 0.2) is 36.4 Å². The maximum Gasteiger partial charge on any atom is 0.0925 e. The molecule has 0 fully saturated rings. The van der Waals surface area contributed by atoms with Gasteiger partial charge < -0.3 is 0 Å². The van der Waals surface area contributed by atoms with E-state index in [2.05, 4.69) is 66.7 Å². The lowest BCUT2D eigenvalue weighted by Crippen LogP contribution is -2.26. The van der Waals surface area contributed by atoms with E-state index in [4.69, 9.17) is 9.97 Å². The number of aromatic nitrogens is 2. The van der Waals surface area contributed by atoms with E-state index in [0.29, 0.717) is 5.92 Å². The molecular formula is C25H32N2. The number of aryl methyl sites for hydroxylation is 3. The van der Waals surface area contributed by atoms with E-state index < -0.39 is 0 Å². The Morgan fingerprint density at radius 2 is 1.59 bits per heavy atom. The van der Waals surface area contributed by atoms with Crippen molar-refractivity contribution < 1.29 is 0 Å². The minimum Gasteiger partial charge on any atom is -0.249 e. The summed E-state index contributed by atoms with van der Waals surface area (Å²) in [7, 11) is 0. The number of benzene rings is 2. The highest BCUT2D eigenvalue weighted by atomic mass is 14.8. The molecule has 0 aliphatic heterocycles. The predicted molar refractivity (Wildman–Crippen MR) is 116 cm³/mol. The number of hydrogen-bond donors (Lipinski definition) is 0. The zero-order valence-electron chi connectivity index (χ0n) is 17.9. The van der Waals surface area contributed by atoms with Crippen molar-refractivity contribution in [3.05, 3.63) is 58.8 Å². The van der Waals surface area contributed by atoms with Crippen LogP contribution in [0.1, 0.15) is 62.9 Å². The molecule has 1 unspecified atom stereocenters. The molecule has 2 nitrogen and oxygen atoms in total. The summed E-state index contributed by atoms with van der Waals surface area (Å²) in [4.78, 5) is 9.91. The fourth-order valence-corrected chi connectivity index (χ4v) is 4.62. The summed E-state index contributed by atoms with van der Waals surface area (Å²) in [6.45, 7) is 15.9. The summed E-state index contributed by atoms with van der Waals surface area (Å²) >= 11 is 0. The van der Waals surface area contributed by atoms with Crippen molar-refractivity contribution in [2.45, 2.75) is 66.7 Å². The van der Waals surface area contributed by atoms with E-state index in [-0.39, 0.29) is 5.41 Å². The van der Waals surface area contributed by atoms with Gasteiger partial charge in [-0.15, -0.1) is 0 Å². The molecule has 142 valence electrons. The van der Waals surface area contributed by atoms with Crippen molar-refractivity contribution in [3.8, 4) is 11.3 Å². The summed E-state index contributed by atoms with van der Waals surface area (Å²) in [6.07, 6.45) is 2.28. The van der Waals surface area contributed by atoms with Gasteiger partial charge in [-0.05, 0) is 74.3 Å². The van der Waals surface area contributed by atoms with Gasteiger partial charge in [0.2, 0.25) is 0 Å². The minimum absolute atomic E-state index is 0.126. The van der Waals surface area contributed by atoms with Crippen molar-refractivity contribution in [1.82, 2.24) is 9.97 Å². The van der Waals surface area contributed by atoms with Crippen molar-refractivity contribution in [2.24, 2.45) is 5.92 Å². The van der Waals surface area contributed by atoms with Crippen LogP contribution < -0.4 is 0 Å². The van der Waals surface area contributed by atoms with Crippen LogP contribution in [0.5, 0.6) is 0 Å². The van der Waals surface area contributed by atoms with Crippen LogP contribution in [-0.4, -0.2) is 9.97 Å². The van der Waals surface area contributed by atoms with Crippen molar-refractivity contribution in [2.75, 3.05) is 0 Å². The Morgan fingerprint density at radius 1 is 0.963 bits per heavy atom. The summed E-state index contributed by atoms with van der Waals surface area (Å²) in [5.74, 6) is 0.646.